The molecule has 3 rings (SSSR count). The molecule has 6 nitrogen and oxygen atoms in total. The van der Waals surface area contributed by atoms with Gasteiger partial charge in [0.1, 0.15) is 11.8 Å². The number of nitrogens with one attached hydrogen (secondary N) is 1. The van der Waals surface area contributed by atoms with E-state index < -0.39 is 0 Å². The van der Waals surface area contributed by atoms with Crippen LogP contribution in [0, 0.1) is 13.8 Å². The van der Waals surface area contributed by atoms with Gasteiger partial charge in [-0.3, -0.25) is 4.79 Å². The summed E-state index contributed by atoms with van der Waals surface area (Å²) in [6.45, 7) is 5.93. The first kappa shape index (κ1) is 15.0. The third-order valence-corrected chi connectivity index (χ3v) is 3.88. The van der Waals surface area contributed by atoms with Crippen molar-refractivity contribution in [2.75, 3.05) is 5.32 Å². The Labute approximate surface area is 134 Å². The van der Waals surface area contributed by atoms with Crippen LogP contribution in [-0.4, -0.2) is 20.6 Å². The van der Waals surface area contributed by atoms with E-state index in [0.717, 1.165) is 22.8 Å². The third-order valence-electron chi connectivity index (χ3n) is 3.88. The zero-order valence-corrected chi connectivity index (χ0v) is 13.3. The van der Waals surface area contributed by atoms with Gasteiger partial charge in [-0.25, -0.2) is 4.98 Å². The average molecular weight is 310 g/mol. The van der Waals surface area contributed by atoms with Crippen LogP contribution in [0.3, 0.4) is 0 Å². The topological polar surface area (TPSA) is 73.0 Å². The second-order valence-corrected chi connectivity index (χ2v) is 5.31. The summed E-state index contributed by atoms with van der Waals surface area (Å²) in [7, 11) is 0. The lowest BCUT2D eigenvalue weighted by Gasteiger charge is -2.08. The normalized spacial score (nSPS) is 10.7. The quantitative estimate of drug-likeness (QED) is 0.802. The summed E-state index contributed by atoms with van der Waals surface area (Å²) in [6.07, 6.45) is 3.82. The molecule has 0 atom stereocenters. The molecule has 6 heteroatoms. The predicted octanol–water partition coefficient (Wildman–Crippen LogP) is 3.29. The van der Waals surface area contributed by atoms with Crippen LogP contribution in [0.25, 0.3) is 5.69 Å². The largest absolute Gasteiger partial charge is 0.364 e. The molecule has 23 heavy (non-hydrogen) atoms. The van der Waals surface area contributed by atoms with Crippen molar-refractivity contribution in [1.29, 1.82) is 0 Å². The Balaban J connectivity index is 1.78. The molecule has 1 aromatic carbocycles. The number of nitrogens with zero attached hydrogens (tertiary/aromatic N) is 3. The summed E-state index contributed by atoms with van der Waals surface area (Å²) in [4.78, 5) is 16.5. The van der Waals surface area contributed by atoms with Crippen molar-refractivity contribution in [3.8, 4) is 5.69 Å². The third kappa shape index (κ3) is 2.88. The fourth-order valence-electron chi connectivity index (χ4n) is 2.36. The van der Waals surface area contributed by atoms with Crippen LogP contribution in [-0.2, 0) is 6.42 Å². The molecule has 0 saturated carbocycles. The lowest BCUT2D eigenvalue weighted by molar-refractivity contribution is 0.102. The number of amides is 1. The van der Waals surface area contributed by atoms with Crippen LogP contribution >= 0.6 is 0 Å². The molecule has 0 radical (unpaired) electrons. The summed E-state index contributed by atoms with van der Waals surface area (Å²) in [5, 5.41) is 6.67. The fraction of sp³-hybridized carbons (Fsp3) is 0.235. The van der Waals surface area contributed by atoms with E-state index >= 15 is 0 Å². The van der Waals surface area contributed by atoms with Crippen molar-refractivity contribution in [1.82, 2.24) is 14.7 Å². The number of aryl methyl sites for hydroxylation is 2. The van der Waals surface area contributed by atoms with E-state index in [1.54, 1.807) is 6.33 Å². The van der Waals surface area contributed by atoms with E-state index in [4.69, 9.17) is 4.52 Å². The van der Waals surface area contributed by atoms with E-state index in [1.807, 2.05) is 49.6 Å². The summed E-state index contributed by atoms with van der Waals surface area (Å²) in [5.41, 5.74) is 4.94. The van der Waals surface area contributed by atoms with Gasteiger partial charge in [-0.05, 0) is 44.5 Å². The second kappa shape index (κ2) is 6.08. The smallest absolute Gasteiger partial charge is 0.260 e. The molecule has 2 aromatic heterocycles. The molecule has 0 fully saturated rings. The van der Waals surface area contributed by atoms with Gasteiger partial charge in [-0.2, -0.15) is 0 Å². The lowest BCUT2D eigenvalue weighted by Crippen LogP contribution is -2.13. The van der Waals surface area contributed by atoms with Crippen molar-refractivity contribution in [3.05, 3.63) is 59.5 Å². The highest BCUT2D eigenvalue weighted by Crippen LogP contribution is 2.18. The molecule has 0 aliphatic rings. The minimum absolute atomic E-state index is 0.217. The molecule has 0 aliphatic carbocycles. The molecular formula is C17H18N4O2. The maximum atomic E-state index is 12.2. The maximum Gasteiger partial charge on any atom is 0.260 e. The molecule has 0 aliphatic heterocycles. The van der Waals surface area contributed by atoms with Crippen molar-refractivity contribution in [3.63, 3.8) is 0 Å². The highest BCUT2D eigenvalue weighted by Gasteiger charge is 2.14. The van der Waals surface area contributed by atoms with Crippen molar-refractivity contribution >= 4 is 11.6 Å². The lowest BCUT2D eigenvalue weighted by atomic mass is 10.2. The zero-order chi connectivity index (χ0) is 16.4. The Morgan fingerprint density at radius 3 is 2.61 bits per heavy atom. The van der Waals surface area contributed by atoms with Gasteiger partial charge < -0.3 is 14.4 Å². The Morgan fingerprint density at radius 2 is 2.00 bits per heavy atom. The molecule has 118 valence electrons. The Kier molecular flexibility index (Phi) is 3.97. The Bertz CT molecular complexity index is 831. The molecule has 0 spiro atoms. The van der Waals surface area contributed by atoms with Crippen LogP contribution in [0.15, 0.2) is 41.4 Å². The number of carbonyl (C=O) groups excluding carboxylic acids is 1. The number of hydrogen-bond acceptors (Lipinski definition) is 4. The fourth-order valence-corrected chi connectivity index (χ4v) is 2.36. The minimum Gasteiger partial charge on any atom is -0.364 e. The second-order valence-electron chi connectivity index (χ2n) is 5.31. The standard InChI is InChI=1S/C17H18N4O2/c1-4-16-15(9-23-20-16)17(22)19-13-5-7-14(8-6-13)21-10-18-11(2)12(21)3/h5-10H,4H2,1-3H3,(H,19,22). The number of carbonyl (C=O) groups is 1. The number of benzene rings is 1. The van der Waals surface area contributed by atoms with Gasteiger partial charge in [-0.15, -0.1) is 0 Å². The van der Waals surface area contributed by atoms with E-state index in [-0.39, 0.29) is 5.91 Å². The van der Waals surface area contributed by atoms with E-state index in [0.29, 0.717) is 17.7 Å². The molecule has 2 heterocycles. The number of rotatable bonds is 4. The average Bonchev–Trinajstić information content (AvgIpc) is 3.16. The minimum atomic E-state index is -0.217. The highest BCUT2D eigenvalue weighted by molar-refractivity contribution is 6.04. The van der Waals surface area contributed by atoms with Crippen molar-refractivity contribution in [2.45, 2.75) is 27.2 Å². The summed E-state index contributed by atoms with van der Waals surface area (Å²) in [6, 6.07) is 7.61. The molecule has 0 saturated heterocycles. The number of hydrogen-bond donors (Lipinski definition) is 1. The maximum absolute atomic E-state index is 12.2. The highest BCUT2D eigenvalue weighted by atomic mass is 16.5. The number of imidazole rings is 1. The van der Waals surface area contributed by atoms with Crippen LogP contribution < -0.4 is 5.32 Å². The van der Waals surface area contributed by atoms with Crippen LogP contribution in [0.2, 0.25) is 0 Å². The molecule has 0 bridgehead atoms. The van der Waals surface area contributed by atoms with Gasteiger partial charge >= 0.3 is 0 Å². The van der Waals surface area contributed by atoms with Crippen LogP contribution in [0.4, 0.5) is 5.69 Å². The van der Waals surface area contributed by atoms with E-state index in [1.165, 1.54) is 6.26 Å². The molecular weight excluding hydrogens is 292 g/mol. The molecule has 0 unspecified atom stereocenters. The molecule has 3 aromatic rings. The first-order valence-electron chi connectivity index (χ1n) is 7.45. The van der Waals surface area contributed by atoms with Gasteiger partial charge in [0.05, 0.1) is 17.7 Å². The Morgan fingerprint density at radius 1 is 1.26 bits per heavy atom. The number of aromatic nitrogens is 3. The summed E-state index contributed by atoms with van der Waals surface area (Å²) in [5.74, 6) is -0.217. The van der Waals surface area contributed by atoms with Gasteiger partial charge in [0.15, 0.2) is 0 Å². The van der Waals surface area contributed by atoms with Crippen molar-refractivity contribution in [2.24, 2.45) is 0 Å². The van der Waals surface area contributed by atoms with E-state index in [2.05, 4.69) is 15.5 Å². The van der Waals surface area contributed by atoms with Crippen LogP contribution in [0.1, 0.15) is 34.4 Å². The predicted molar refractivity (Wildman–Crippen MR) is 86.9 cm³/mol. The SMILES string of the molecule is CCc1nocc1C(=O)Nc1ccc(-n2cnc(C)c2C)cc1. The van der Waals surface area contributed by atoms with Gasteiger partial charge in [0.25, 0.3) is 5.91 Å². The first-order chi connectivity index (χ1) is 11.1. The monoisotopic (exact) mass is 310 g/mol. The number of anilines is 1. The van der Waals surface area contributed by atoms with Gasteiger partial charge in [0, 0.05) is 17.1 Å². The zero-order valence-electron chi connectivity index (χ0n) is 13.3. The van der Waals surface area contributed by atoms with E-state index in [9.17, 15) is 4.79 Å². The van der Waals surface area contributed by atoms with Crippen LogP contribution in [0.5, 0.6) is 0 Å². The first-order valence-corrected chi connectivity index (χ1v) is 7.45. The van der Waals surface area contributed by atoms with Gasteiger partial charge in [0.2, 0.25) is 0 Å². The molecule has 1 amide bonds. The van der Waals surface area contributed by atoms with Crippen molar-refractivity contribution < 1.29 is 9.32 Å². The Hall–Kier alpha value is -2.89. The van der Waals surface area contributed by atoms with Gasteiger partial charge in [-0.1, -0.05) is 12.1 Å². The molecule has 1 N–H and O–H groups in total. The summed E-state index contributed by atoms with van der Waals surface area (Å²) >= 11 is 0. The summed E-state index contributed by atoms with van der Waals surface area (Å²) < 4.78 is 6.88.